The first-order valence-corrected chi connectivity index (χ1v) is 7.88. The van der Waals surface area contributed by atoms with E-state index < -0.39 is 5.97 Å². The number of aliphatic carboxylic acids is 1. The molecule has 2 saturated heterocycles. The van der Waals surface area contributed by atoms with Crippen molar-refractivity contribution in [2.45, 2.75) is 57.0 Å². The molecule has 0 aromatic rings. The van der Waals surface area contributed by atoms with E-state index >= 15 is 0 Å². The third-order valence-electron chi connectivity index (χ3n) is 5.07. The number of carbonyl (C=O) groups excluding carboxylic acids is 2. The first kappa shape index (κ1) is 14.5. The molecule has 3 rings (SSSR count). The Labute approximate surface area is 124 Å². The van der Waals surface area contributed by atoms with Crippen molar-refractivity contribution in [1.29, 1.82) is 0 Å². The second-order valence-electron chi connectivity index (χ2n) is 6.51. The van der Waals surface area contributed by atoms with E-state index in [2.05, 4.69) is 0 Å². The lowest BCUT2D eigenvalue weighted by atomic mass is 10.1. The van der Waals surface area contributed by atoms with Gasteiger partial charge in [0.2, 0.25) is 11.8 Å². The molecule has 6 heteroatoms. The Bertz CT molecular complexity index is 459. The summed E-state index contributed by atoms with van der Waals surface area (Å²) in [6.45, 7) is 1.34. The number of carboxylic acid groups (broad SMARTS) is 1. The molecule has 2 unspecified atom stereocenters. The molecule has 0 spiro atoms. The number of hydrogen-bond acceptors (Lipinski definition) is 4. The number of carboxylic acids is 1. The van der Waals surface area contributed by atoms with Crippen LogP contribution in [0.1, 0.15) is 44.9 Å². The Hall–Kier alpha value is -1.43. The molecule has 2 aliphatic heterocycles. The zero-order chi connectivity index (χ0) is 15.0. The monoisotopic (exact) mass is 294 g/mol. The van der Waals surface area contributed by atoms with Crippen LogP contribution in [0, 0.1) is 5.92 Å². The van der Waals surface area contributed by atoms with Crippen molar-refractivity contribution in [3.05, 3.63) is 0 Å². The Morgan fingerprint density at radius 3 is 2.57 bits per heavy atom. The molecule has 116 valence electrons. The second kappa shape index (κ2) is 5.75. The molecule has 0 bridgehead atoms. The van der Waals surface area contributed by atoms with Crippen LogP contribution >= 0.6 is 0 Å². The molecule has 0 aromatic heterocycles. The van der Waals surface area contributed by atoms with E-state index in [-0.39, 0.29) is 42.7 Å². The van der Waals surface area contributed by atoms with Gasteiger partial charge >= 0.3 is 5.97 Å². The third-order valence-corrected chi connectivity index (χ3v) is 5.07. The largest absolute Gasteiger partial charge is 0.481 e. The number of amides is 2. The smallest absolute Gasteiger partial charge is 0.303 e. The van der Waals surface area contributed by atoms with Crippen molar-refractivity contribution in [3.8, 4) is 0 Å². The number of carbonyl (C=O) groups is 3. The summed E-state index contributed by atoms with van der Waals surface area (Å²) < 4.78 is 0. The topological polar surface area (TPSA) is 77.9 Å². The minimum atomic E-state index is -0.789. The number of hydrogen-bond donors (Lipinski definition) is 1. The first-order valence-electron chi connectivity index (χ1n) is 7.88. The fraction of sp³-hybridized carbons (Fsp3) is 0.800. The Kier molecular flexibility index (Phi) is 3.97. The van der Waals surface area contributed by atoms with E-state index in [0.29, 0.717) is 6.54 Å². The average Bonchev–Trinajstić information content (AvgIpc) is 3.10. The summed E-state index contributed by atoms with van der Waals surface area (Å²) in [7, 11) is 0. The lowest BCUT2D eigenvalue weighted by Crippen LogP contribution is -2.44. The number of imide groups is 1. The normalized spacial score (nSPS) is 31.5. The molecule has 0 aromatic carbocycles. The van der Waals surface area contributed by atoms with E-state index in [1.54, 1.807) is 0 Å². The van der Waals surface area contributed by atoms with Crippen LogP contribution in [0.2, 0.25) is 0 Å². The number of likely N-dealkylation sites (tertiary alicyclic amines) is 2. The van der Waals surface area contributed by atoms with Crippen LogP contribution in [0.4, 0.5) is 0 Å². The van der Waals surface area contributed by atoms with E-state index in [0.717, 1.165) is 38.6 Å². The van der Waals surface area contributed by atoms with Crippen molar-refractivity contribution in [2.24, 2.45) is 5.92 Å². The standard InChI is InChI=1S/C15H22N2O4/c18-13-8-12(15(21)17(13)11-3-1-2-4-11)16-6-5-10(9-16)7-14(19)20/h10-12H,1-9H2,(H,19,20). The fourth-order valence-corrected chi connectivity index (χ4v) is 4.03. The van der Waals surface area contributed by atoms with Crippen molar-refractivity contribution in [2.75, 3.05) is 13.1 Å². The lowest BCUT2D eigenvalue weighted by Gasteiger charge is -2.25. The SMILES string of the molecule is O=C(O)CC1CCN(C2CC(=O)N(C3CCCC3)C2=O)C1. The highest BCUT2D eigenvalue weighted by Gasteiger charge is 2.46. The molecular weight excluding hydrogens is 272 g/mol. The van der Waals surface area contributed by atoms with Crippen molar-refractivity contribution in [3.63, 3.8) is 0 Å². The summed E-state index contributed by atoms with van der Waals surface area (Å²) >= 11 is 0. The molecule has 2 atom stereocenters. The van der Waals surface area contributed by atoms with E-state index in [1.165, 1.54) is 4.90 Å². The summed E-state index contributed by atoms with van der Waals surface area (Å²) in [4.78, 5) is 39.0. The van der Waals surface area contributed by atoms with Crippen LogP contribution in [0.25, 0.3) is 0 Å². The van der Waals surface area contributed by atoms with Gasteiger partial charge in [0.1, 0.15) is 0 Å². The van der Waals surface area contributed by atoms with Crippen LogP contribution in [0.15, 0.2) is 0 Å². The Balaban J connectivity index is 1.63. The highest BCUT2D eigenvalue weighted by Crippen LogP contribution is 2.32. The molecule has 3 aliphatic rings. The quantitative estimate of drug-likeness (QED) is 0.778. The van der Waals surface area contributed by atoms with Gasteiger partial charge in [0.05, 0.1) is 12.5 Å². The van der Waals surface area contributed by atoms with Gasteiger partial charge < -0.3 is 5.11 Å². The van der Waals surface area contributed by atoms with Crippen LogP contribution in [0.3, 0.4) is 0 Å². The maximum absolute atomic E-state index is 12.6. The first-order chi connectivity index (χ1) is 10.1. The third kappa shape index (κ3) is 2.81. The zero-order valence-electron chi connectivity index (χ0n) is 12.2. The molecule has 1 N–H and O–H groups in total. The van der Waals surface area contributed by atoms with Gasteiger partial charge in [-0.3, -0.25) is 24.2 Å². The van der Waals surface area contributed by atoms with Crippen LogP contribution < -0.4 is 0 Å². The molecule has 1 aliphatic carbocycles. The molecule has 1 saturated carbocycles. The molecule has 3 fully saturated rings. The maximum atomic E-state index is 12.6. The van der Waals surface area contributed by atoms with E-state index in [4.69, 9.17) is 5.11 Å². The second-order valence-corrected chi connectivity index (χ2v) is 6.51. The van der Waals surface area contributed by atoms with Crippen molar-refractivity contribution < 1.29 is 19.5 Å². The summed E-state index contributed by atoms with van der Waals surface area (Å²) in [5, 5.41) is 8.86. The summed E-state index contributed by atoms with van der Waals surface area (Å²) in [6.07, 6.45) is 5.28. The van der Waals surface area contributed by atoms with Crippen LogP contribution in [-0.4, -0.2) is 57.9 Å². The predicted molar refractivity (Wildman–Crippen MR) is 74.4 cm³/mol. The van der Waals surface area contributed by atoms with Gasteiger partial charge in [-0.2, -0.15) is 0 Å². The molecule has 21 heavy (non-hydrogen) atoms. The fourth-order valence-electron chi connectivity index (χ4n) is 4.03. The van der Waals surface area contributed by atoms with Crippen LogP contribution in [-0.2, 0) is 14.4 Å². The van der Waals surface area contributed by atoms with E-state index in [1.807, 2.05) is 4.90 Å². The van der Waals surface area contributed by atoms with Gasteiger partial charge in [0, 0.05) is 19.0 Å². The highest BCUT2D eigenvalue weighted by molar-refractivity contribution is 6.05. The van der Waals surface area contributed by atoms with Gasteiger partial charge in [-0.05, 0) is 31.7 Å². The Morgan fingerprint density at radius 1 is 1.19 bits per heavy atom. The highest BCUT2D eigenvalue weighted by atomic mass is 16.4. The van der Waals surface area contributed by atoms with Crippen molar-refractivity contribution in [1.82, 2.24) is 9.80 Å². The van der Waals surface area contributed by atoms with Gasteiger partial charge in [-0.1, -0.05) is 12.8 Å². The predicted octanol–water partition coefficient (Wildman–Crippen LogP) is 0.853. The molecule has 2 heterocycles. The molecule has 0 radical (unpaired) electrons. The van der Waals surface area contributed by atoms with Gasteiger partial charge in [-0.15, -0.1) is 0 Å². The van der Waals surface area contributed by atoms with Gasteiger partial charge in [-0.25, -0.2) is 0 Å². The summed E-state index contributed by atoms with van der Waals surface area (Å²) in [5.74, 6) is -0.782. The molecule has 2 amide bonds. The minimum absolute atomic E-state index is 0.0430. The number of nitrogens with zero attached hydrogens (tertiary/aromatic N) is 2. The molecule has 6 nitrogen and oxygen atoms in total. The van der Waals surface area contributed by atoms with Crippen LogP contribution in [0.5, 0.6) is 0 Å². The van der Waals surface area contributed by atoms with E-state index in [9.17, 15) is 14.4 Å². The Morgan fingerprint density at radius 2 is 1.90 bits per heavy atom. The van der Waals surface area contributed by atoms with Gasteiger partial charge in [0.25, 0.3) is 0 Å². The lowest BCUT2D eigenvalue weighted by molar-refractivity contribution is -0.142. The summed E-state index contributed by atoms with van der Waals surface area (Å²) in [6, 6.07) is -0.246. The zero-order valence-corrected chi connectivity index (χ0v) is 12.2. The van der Waals surface area contributed by atoms with Gasteiger partial charge in [0.15, 0.2) is 0 Å². The minimum Gasteiger partial charge on any atom is -0.481 e. The average molecular weight is 294 g/mol. The molecular formula is C15H22N2O4. The summed E-state index contributed by atoms with van der Waals surface area (Å²) in [5.41, 5.74) is 0. The number of rotatable bonds is 4. The van der Waals surface area contributed by atoms with Crippen molar-refractivity contribution >= 4 is 17.8 Å². The maximum Gasteiger partial charge on any atom is 0.303 e.